The molecule has 2 rings (SSSR count). The second-order valence-electron chi connectivity index (χ2n) is 3.97. The summed E-state index contributed by atoms with van der Waals surface area (Å²) in [5.74, 6) is -2.65. The Hall–Kier alpha value is -1.73. The minimum Gasteiger partial charge on any atom is -0.450 e. The van der Waals surface area contributed by atoms with Gasteiger partial charge in [-0.15, -0.1) is 11.6 Å². The molecule has 0 radical (unpaired) electrons. The van der Waals surface area contributed by atoms with E-state index in [9.17, 15) is 18.9 Å². The van der Waals surface area contributed by atoms with E-state index in [0.29, 0.717) is 0 Å². The number of benzene rings is 2. The van der Waals surface area contributed by atoms with Gasteiger partial charge in [-0.05, 0) is 39.7 Å². The van der Waals surface area contributed by atoms with Crippen LogP contribution >= 0.6 is 27.5 Å². The van der Waals surface area contributed by atoms with Crippen LogP contribution in [-0.4, -0.2) is 4.92 Å². The van der Waals surface area contributed by atoms with Crippen molar-refractivity contribution < 1.29 is 18.4 Å². The van der Waals surface area contributed by atoms with E-state index in [-0.39, 0.29) is 27.4 Å². The van der Waals surface area contributed by atoms with Crippen LogP contribution in [0.15, 0.2) is 34.8 Å². The molecule has 0 aliphatic carbocycles. The van der Waals surface area contributed by atoms with Crippen molar-refractivity contribution in [1.29, 1.82) is 0 Å². The molecule has 0 aliphatic heterocycles. The lowest BCUT2D eigenvalue weighted by atomic mass is 10.2. The first-order valence-electron chi connectivity index (χ1n) is 5.58. The van der Waals surface area contributed by atoms with Crippen LogP contribution in [0.3, 0.4) is 0 Å². The maximum Gasteiger partial charge on any atom is 0.287 e. The Bertz CT molecular complexity index is 689. The topological polar surface area (TPSA) is 52.4 Å². The van der Waals surface area contributed by atoms with Crippen molar-refractivity contribution in [3.8, 4) is 11.5 Å². The van der Waals surface area contributed by atoms with Gasteiger partial charge < -0.3 is 4.74 Å². The molecule has 0 N–H and O–H groups in total. The zero-order chi connectivity index (χ0) is 15.6. The monoisotopic (exact) mass is 377 g/mol. The molecule has 21 heavy (non-hydrogen) atoms. The number of ether oxygens (including phenoxy) is 1. The van der Waals surface area contributed by atoms with E-state index in [1.54, 1.807) is 0 Å². The lowest BCUT2D eigenvalue weighted by molar-refractivity contribution is -0.385. The average molecular weight is 379 g/mol. The predicted molar refractivity (Wildman–Crippen MR) is 76.8 cm³/mol. The summed E-state index contributed by atoms with van der Waals surface area (Å²) in [4.78, 5) is 10.2. The summed E-state index contributed by atoms with van der Waals surface area (Å²) in [5, 5.41) is 10.8. The molecule has 0 atom stereocenters. The fraction of sp³-hybridized carbons (Fsp3) is 0.0769. The van der Waals surface area contributed by atoms with Gasteiger partial charge in [-0.2, -0.15) is 0 Å². The number of hydrogen-bond acceptors (Lipinski definition) is 3. The van der Waals surface area contributed by atoms with Gasteiger partial charge in [0.05, 0.1) is 4.92 Å². The van der Waals surface area contributed by atoms with E-state index in [1.165, 1.54) is 18.2 Å². The number of nitro groups is 1. The highest BCUT2D eigenvalue weighted by Gasteiger charge is 2.19. The lowest BCUT2D eigenvalue weighted by Crippen LogP contribution is -1.97. The Morgan fingerprint density at radius 3 is 2.43 bits per heavy atom. The zero-order valence-corrected chi connectivity index (χ0v) is 12.6. The molecule has 0 spiro atoms. The van der Waals surface area contributed by atoms with Gasteiger partial charge in [-0.1, -0.05) is 6.07 Å². The van der Waals surface area contributed by atoms with Crippen molar-refractivity contribution in [2.24, 2.45) is 0 Å². The molecule has 0 saturated carbocycles. The fourth-order valence-electron chi connectivity index (χ4n) is 1.62. The van der Waals surface area contributed by atoms with Crippen molar-refractivity contribution >= 4 is 33.2 Å². The van der Waals surface area contributed by atoms with E-state index in [2.05, 4.69) is 15.9 Å². The first-order chi connectivity index (χ1) is 9.93. The van der Waals surface area contributed by atoms with Gasteiger partial charge in [0.15, 0.2) is 17.4 Å². The highest BCUT2D eigenvalue weighted by molar-refractivity contribution is 9.10. The van der Waals surface area contributed by atoms with E-state index in [4.69, 9.17) is 16.3 Å². The molecule has 8 heteroatoms. The van der Waals surface area contributed by atoms with Gasteiger partial charge in [0, 0.05) is 11.9 Å². The third-order valence-corrected chi connectivity index (χ3v) is 3.67. The van der Waals surface area contributed by atoms with Gasteiger partial charge in [-0.25, -0.2) is 8.78 Å². The van der Waals surface area contributed by atoms with E-state index in [1.807, 2.05) is 0 Å². The molecule has 0 saturated heterocycles. The summed E-state index contributed by atoms with van der Waals surface area (Å²) >= 11 is 8.49. The minimum absolute atomic E-state index is 0.00443. The van der Waals surface area contributed by atoms with Gasteiger partial charge in [0.1, 0.15) is 10.2 Å². The van der Waals surface area contributed by atoms with Crippen molar-refractivity contribution in [1.82, 2.24) is 0 Å². The van der Waals surface area contributed by atoms with Crippen LogP contribution < -0.4 is 4.74 Å². The molecular formula is C13H7BrClF2NO3. The molecule has 110 valence electrons. The highest BCUT2D eigenvalue weighted by atomic mass is 79.9. The number of rotatable bonds is 4. The Labute approximate surface area is 131 Å². The normalized spacial score (nSPS) is 10.5. The molecule has 0 heterocycles. The quantitative estimate of drug-likeness (QED) is 0.419. The fourth-order valence-corrected chi connectivity index (χ4v) is 2.26. The second-order valence-corrected chi connectivity index (χ2v) is 5.03. The average Bonchev–Trinajstić information content (AvgIpc) is 2.43. The zero-order valence-electron chi connectivity index (χ0n) is 10.3. The standard InChI is InChI=1S/C13H7BrClF2NO3/c14-12-10(18(19)20)2-1-3-11(12)21-13-8(16)4-7(6-15)5-9(13)17/h1-5H,6H2. The molecule has 0 unspecified atom stereocenters. The van der Waals surface area contributed by atoms with Crippen LogP contribution in [-0.2, 0) is 5.88 Å². The molecule has 4 nitrogen and oxygen atoms in total. The molecule has 0 amide bonds. The Kier molecular flexibility index (Phi) is 4.74. The minimum atomic E-state index is -0.941. The number of nitro benzene ring substituents is 1. The van der Waals surface area contributed by atoms with E-state index >= 15 is 0 Å². The van der Waals surface area contributed by atoms with Gasteiger partial charge in [0.2, 0.25) is 0 Å². The SMILES string of the molecule is O=[N+]([O-])c1cccc(Oc2c(F)cc(CCl)cc2F)c1Br. The Morgan fingerprint density at radius 1 is 1.29 bits per heavy atom. The van der Waals surface area contributed by atoms with Crippen LogP contribution in [0.4, 0.5) is 14.5 Å². The number of halogens is 4. The van der Waals surface area contributed by atoms with E-state index < -0.39 is 22.3 Å². The summed E-state index contributed by atoms with van der Waals surface area (Å²) < 4.78 is 32.7. The van der Waals surface area contributed by atoms with Gasteiger partial charge in [0.25, 0.3) is 5.69 Å². The molecule has 0 bridgehead atoms. The first kappa shape index (κ1) is 15.7. The van der Waals surface area contributed by atoms with E-state index in [0.717, 1.165) is 12.1 Å². The number of hydrogen-bond donors (Lipinski definition) is 0. The maximum atomic E-state index is 13.8. The molecule has 2 aromatic rings. The lowest BCUT2D eigenvalue weighted by Gasteiger charge is -2.10. The summed E-state index contributed by atoms with van der Waals surface area (Å²) in [5.41, 5.74) is -0.0113. The van der Waals surface area contributed by atoms with Gasteiger partial charge >= 0.3 is 0 Å². The van der Waals surface area contributed by atoms with Crippen LogP contribution in [0.5, 0.6) is 11.5 Å². The van der Waals surface area contributed by atoms with Crippen LogP contribution in [0.25, 0.3) is 0 Å². The van der Waals surface area contributed by atoms with Crippen molar-refractivity contribution in [3.63, 3.8) is 0 Å². The predicted octanol–water partition coefficient (Wildman–Crippen LogP) is 5.17. The summed E-state index contributed by atoms with van der Waals surface area (Å²) in [7, 11) is 0. The summed E-state index contributed by atoms with van der Waals surface area (Å²) in [6.07, 6.45) is 0. The molecule has 0 fully saturated rings. The number of nitrogens with zero attached hydrogens (tertiary/aromatic N) is 1. The summed E-state index contributed by atoms with van der Waals surface area (Å²) in [6, 6.07) is 6.01. The van der Waals surface area contributed by atoms with Crippen LogP contribution in [0.2, 0.25) is 0 Å². The summed E-state index contributed by atoms with van der Waals surface area (Å²) in [6.45, 7) is 0. The highest BCUT2D eigenvalue weighted by Crippen LogP contribution is 2.38. The van der Waals surface area contributed by atoms with Crippen molar-refractivity contribution in [3.05, 3.63) is 62.1 Å². The third-order valence-electron chi connectivity index (χ3n) is 2.56. The second kappa shape index (κ2) is 6.36. The number of alkyl halides is 1. The van der Waals surface area contributed by atoms with Crippen molar-refractivity contribution in [2.45, 2.75) is 5.88 Å². The Morgan fingerprint density at radius 2 is 1.90 bits per heavy atom. The molecule has 0 aromatic heterocycles. The largest absolute Gasteiger partial charge is 0.450 e. The molecular weight excluding hydrogens is 372 g/mol. The van der Waals surface area contributed by atoms with Gasteiger partial charge in [-0.3, -0.25) is 10.1 Å². The third kappa shape index (κ3) is 3.30. The Balaban J connectivity index is 2.44. The van der Waals surface area contributed by atoms with Crippen molar-refractivity contribution in [2.75, 3.05) is 0 Å². The van der Waals surface area contributed by atoms with Crippen LogP contribution in [0, 0.1) is 21.7 Å². The maximum absolute atomic E-state index is 13.8. The smallest absolute Gasteiger partial charge is 0.287 e. The first-order valence-corrected chi connectivity index (χ1v) is 6.91. The van der Waals surface area contributed by atoms with Crippen LogP contribution in [0.1, 0.15) is 5.56 Å². The molecule has 2 aromatic carbocycles. The molecule has 0 aliphatic rings.